The Morgan fingerprint density at radius 1 is 0.792 bits per heavy atom. The molecule has 120 valence electrons. The van der Waals surface area contributed by atoms with Crippen molar-refractivity contribution in [2.75, 3.05) is 6.54 Å². The molecule has 1 unspecified atom stereocenters. The van der Waals surface area contributed by atoms with Gasteiger partial charge in [-0.1, -0.05) is 78.9 Å². The summed E-state index contributed by atoms with van der Waals surface area (Å²) in [6.07, 6.45) is 1.13. The van der Waals surface area contributed by atoms with Gasteiger partial charge in [-0.15, -0.1) is 0 Å². The molecule has 0 saturated carbocycles. The summed E-state index contributed by atoms with van der Waals surface area (Å²) < 4.78 is 0. The molecule has 0 fully saturated rings. The molecule has 4 rings (SSSR count). The van der Waals surface area contributed by atoms with Crippen molar-refractivity contribution in [2.24, 2.45) is 0 Å². The number of hydrogen-bond acceptors (Lipinski definition) is 1. The van der Waals surface area contributed by atoms with E-state index in [1.165, 1.54) is 27.8 Å². The van der Waals surface area contributed by atoms with E-state index in [0.717, 1.165) is 19.5 Å². The summed E-state index contributed by atoms with van der Waals surface area (Å²) >= 11 is 0. The number of nitrogens with zero attached hydrogens (tertiary/aromatic N) is 1. The fourth-order valence-corrected chi connectivity index (χ4v) is 3.86. The number of rotatable bonds is 3. The quantitative estimate of drug-likeness (QED) is 0.647. The molecule has 0 bridgehead atoms. The molecule has 1 heterocycles. The van der Waals surface area contributed by atoms with Gasteiger partial charge < -0.3 is 0 Å². The Kier molecular flexibility index (Phi) is 4.18. The van der Waals surface area contributed by atoms with Crippen molar-refractivity contribution >= 4 is 0 Å². The molecule has 1 aliphatic heterocycles. The maximum Gasteiger partial charge on any atom is 0.0610 e. The molecule has 0 N–H and O–H groups in total. The average Bonchev–Trinajstić information content (AvgIpc) is 2.63. The normalized spacial score (nSPS) is 17.5. The topological polar surface area (TPSA) is 3.24 Å². The van der Waals surface area contributed by atoms with Crippen LogP contribution >= 0.6 is 0 Å². The van der Waals surface area contributed by atoms with Crippen LogP contribution in [0.3, 0.4) is 0 Å². The summed E-state index contributed by atoms with van der Waals surface area (Å²) in [5.74, 6) is 0. The van der Waals surface area contributed by atoms with E-state index in [9.17, 15) is 0 Å². The van der Waals surface area contributed by atoms with Gasteiger partial charge in [0, 0.05) is 13.1 Å². The lowest BCUT2D eigenvalue weighted by Crippen LogP contribution is -2.36. The van der Waals surface area contributed by atoms with Crippen molar-refractivity contribution in [3.63, 3.8) is 0 Å². The minimum absolute atomic E-state index is 0.344. The first-order valence-corrected chi connectivity index (χ1v) is 8.74. The van der Waals surface area contributed by atoms with Crippen molar-refractivity contribution in [3.8, 4) is 0 Å². The molecular formula is C23H23N. The van der Waals surface area contributed by atoms with Crippen LogP contribution in [0.1, 0.15) is 33.9 Å². The Bertz CT molecular complexity index is 822. The predicted octanol–water partition coefficient (Wildman–Crippen LogP) is 5.14. The molecule has 1 atom stereocenters. The molecule has 1 aliphatic rings. The van der Waals surface area contributed by atoms with Crippen molar-refractivity contribution in [2.45, 2.75) is 25.9 Å². The zero-order valence-electron chi connectivity index (χ0n) is 14.2. The van der Waals surface area contributed by atoms with E-state index in [1.54, 1.807) is 0 Å². The van der Waals surface area contributed by atoms with Gasteiger partial charge in [0.15, 0.2) is 0 Å². The van der Waals surface area contributed by atoms with E-state index in [4.69, 9.17) is 0 Å². The monoisotopic (exact) mass is 313 g/mol. The second kappa shape index (κ2) is 6.62. The first-order valence-electron chi connectivity index (χ1n) is 8.74. The minimum atomic E-state index is 0.344. The lowest BCUT2D eigenvalue weighted by Gasteiger charge is -2.38. The summed E-state index contributed by atoms with van der Waals surface area (Å²) in [6, 6.07) is 28.9. The van der Waals surface area contributed by atoms with E-state index in [2.05, 4.69) is 90.7 Å². The number of fused-ring (bicyclic) bond motifs is 1. The van der Waals surface area contributed by atoms with Gasteiger partial charge in [-0.2, -0.15) is 0 Å². The van der Waals surface area contributed by atoms with E-state index in [1.807, 2.05) is 0 Å². The van der Waals surface area contributed by atoms with Gasteiger partial charge in [0.2, 0.25) is 0 Å². The SMILES string of the molecule is Cc1ccccc1C1c2ccccc2CCN1Cc1ccccc1. The molecule has 0 spiro atoms. The second-order valence-electron chi connectivity index (χ2n) is 6.66. The van der Waals surface area contributed by atoms with Crippen LogP contribution < -0.4 is 0 Å². The van der Waals surface area contributed by atoms with Crippen molar-refractivity contribution < 1.29 is 0 Å². The molecule has 3 aromatic rings. The summed E-state index contributed by atoms with van der Waals surface area (Å²) in [4.78, 5) is 2.62. The highest BCUT2D eigenvalue weighted by Gasteiger charge is 2.29. The van der Waals surface area contributed by atoms with Crippen LogP contribution in [0.2, 0.25) is 0 Å². The number of benzene rings is 3. The highest BCUT2D eigenvalue weighted by molar-refractivity contribution is 5.42. The molecule has 3 aromatic carbocycles. The Hall–Kier alpha value is -2.38. The number of hydrogen-bond donors (Lipinski definition) is 0. The summed E-state index contributed by atoms with van der Waals surface area (Å²) in [5.41, 5.74) is 7.15. The standard InChI is InChI=1S/C23H23N/c1-18-9-5-7-13-21(18)23-22-14-8-6-12-20(22)15-16-24(23)17-19-10-3-2-4-11-19/h2-14,23H,15-17H2,1H3. The average molecular weight is 313 g/mol. The summed E-state index contributed by atoms with van der Waals surface area (Å²) in [6.45, 7) is 4.33. The maximum absolute atomic E-state index is 2.62. The lowest BCUT2D eigenvalue weighted by molar-refractivity contribution is 0.204. The van der Waals surface area contributed by atoms with Gasteiger partial charge in [-0.3, -0.25) is 4.90 Å². The molecule has 0 radical (unpaired) electrons. The van der Waals surface area contributed by atoms with Gasteiger partial charge in [0.25, 0.3) is 0 Å². The predicted molar refractivity (Wildman–Crippen MR) is 100 cm³/mol. The van der Waals surface area contributed by atoms with Gasteiger partial charge in [0.1, 0.15) is 0 Å². The van der Waals surface area contributed by atoms with Crippen LogP contribution in [-0.4, -0.2) is 11.4 Å². The molecule has 1 nitrogen and oxygen atoms in total. The molecule has 24 heavy (non-hydrogen) atoms. The summed E-state index contributed by atoms with van der Waals surface area (Å²) in [7, 11) is 0. The van der Waals surface area contributed by atoms with E-state index >= 15 is 0 Å². The molecule has 0 aromatic heterocycles. The Morgan fingerprint density at radius 2 is 1.46 bits per heavy atom. The number of aryl methyl sites for hydroxylation is 1. The van der Waals surface area contributed by atoms with Gasteiger partial charge in [-0.05, 0) is 41.2 Å². The maximum atomic E-state index is 2.62. The van der Waals surface area contributed by atoms with Crippen LogP contribution in [0, 0.1) is 6.92 Å². The van der Waals surface area contributed by atoms with E-state index < -0.39 is 0 Å². The fraction of sp³-hybridized carbons (Fsp3) is 0.217. The Morgan fingerprint density at radius 3 is 2.25 bits per heavy atom. The first-order chi connectivity index (χ1) is 11.8. The van der Waals surface area contributed by atoms with Crippen LogP contribution in [0.25, 0.3) is 0 Å². The first kappa shape index (κ1) is 15.2. The van der Waals surface area contributed by atoms with Crippen molar-refractivity contribution in [3.05, 3.63) is 107 Å². The third kappa shape index (κ3) is 2.88. The largest absolute Gasteiger partial charge is 0.288 e. The molecule has 0 amide bonds. The van der Waals surface area contributed by atoms with E-state index in [-0.39, 0.29) is 0 Å². The van der Waals surface area contributed by atoms with Crippen molar-refractivity contribution in [1.29, 1.82) is 0 Å². The molecule has 0 aliphatic carbocycles. The zero-order chi connectivity index (χ0) is 16.4. The second-order valence-corrected chi connectivity index (χ2v) is 6.66. The van der Waals surface area contributed by atoms with Crippen LogP contribution in [0.5, 0.6) is 0 Å². The fourth-order valence-electron chi connectivity index (χ4n) is 3.86. The third-order valence-electron chi connectivity index (χ3n) is 5.09. The third-order valence-corrected chi connectivity index (χ3v) is 5.09. The van der Waals surface area contributed by atoms with E-state index in [0.29, 0.717) is 6.04 Å². The van der Waals surface area contributed by atoms with Crippen LogP contribution in [0.4, 0.5) is 0 Å². The van der Waals surface area contributed by atoms with Crippen molar-refractivity contribution in [1.82, 2.24) is 4.90 Å². The smallest absolute Gasteiger partial charge is 0.0610 e. The molecule has 0 saturated heterocycles. The lowest BCUT2D eigenvalue weighted by atomic mass is 9.86. The zero-order valence-corrected chi connectivity index (χ0v) is 14.2. The van der Waals surface area contributed by atoms with Crippen LogP contribution in [0.15, 0.2) is 78.9 Å². The molecular weight excluding hydrogens is 290 g/mol. The minimum Gasteiger partial charge on any atom is -0.288 e. The van der Waals surface area contributed by atoms with Gasteiger partial charge in [-0.25, -0.2) is 0 Å². The highest BCUT2D eigenvalue weighted by Crippen LogP contribution is 2.37. The highest BCUT2D eigenvalue weighted by atomic mass is 15.2. The van der Waals surface area contributed by atoms with Gasteiger partial charge in [0.05, 0.1) is 6.04 Å². The van der Waals surface area contributed by atoms with Gasteiger partial charge >= 0.3 is 0 Å². The molecule has 1 heteroatoms. The van der Waals surface area contributed by atoms with Crippen LogP contribution in [-0.2, 0) is 13.0 Å². The Balaban J connectivity index is 1.77. The Labute approximate surface area is 144 Å². The summed E-state index contributed by atoms with van der Waals surface area (Å²) in [5, 5.41) is 0.